The molecule has 1 fully saturated rings. The van der Waals surface area contributed by atoms with E-state index in [1.165, 1.54) is 0 Å². The number of aromatic nitrogens is 3. The van der Waals surface area contributed by atoms with E-state index in [-0.39, 0.29) is 0 Å². The van der Waals surface area contributed by atoms with Gasteiger partial charge in [-0.2, -0.15) is 0 Å². The van der Waals surface area contributed by atoms with Gasteiger partial charge in [0.25, 0.3) is 0 Å². The second kappa shape index (κ2) is 6.54. The third-order valence-corrected chi connectivity index (χ3v) is 4.11. The van der Waals surface area contributed by atoms with Crippen molar-refractivity contribution >= 4 is 17.1 Å². The van der Waals surface area contributed by atoms with Crippen LogP contribution in [-0.4, -0.2) is 35.0 Å². The topological polar surface area (TPSA) is 48.4 Å². The maximum Gasteiger partial charge on any atom is 0.0937 e. The van der Waals surface area contributed by atoms with E-state index in [9.17, 15) is 0 Å². The highest BCUT2D eigenvalue weighted by Crippen LogP contribution is 2.25. The first kappa shape index (κ1) is 14.4. The van der Waals surface area contributed by atoms with Crippen LogP contribution in [0.25, 0.3) is 0 Å². The standard InChI is InChI=1S/C18H18N6/c1-7-19-8-2-16(1)22-13-23(17-3-9-20-10-4-17)15-24(14-22)18-5-11-21-12-6-18/h1-12H,13-15H2. The number of nitrogens with zero attached hydrogens (tertiary/aromatic N) is 6. The van der Waals surface area contributed by atoms with E-state index in [0.717, 1.165) is 37.1 Å². The van der Waals surface area contributed by atoms with E-state index < -0.39 is 0 Å². The van der Waals surface area contributed by atoms with Gasteiger partial charge >= 0.3 is 0 Å². The first-order valence-electron chi connectivity index (χ1n) is 7.85. The van der Waals surface area contributed by atoms with Crippen molar-refractivity contribution in [2.45, 2.75) is 0 Å². The van der Waals surface area contributed by atoms with Crippen LogP contribution in [0.5, 0.6) is 0 Å². The van der Waals surface area contributed by atoms with E-state index >= 15 is 0 Å². The molecule has 24 heavy (non-hydrogen) atoms. The molecule has 0 unspecified atom stereocenters. The highest BCUT2D eigenvalue weighted by atomic mass is 15.5. The number of hydrogen-bond acceptors (Lipinski definition) is 6. The van der Waals surface area contributed by atoms with Gasteiger partial charge < -0.3 is 14.7 Å². The molecule has 6 heteroatoms. The van der Waals surface area contributed by atoms with Gasteiger partial charge in [0.1, 0.15) is 0 Å². The predicted molar refractivity (Wildman–Crippen MR) is 94.7 cm³/mol. The fraction of sp³-hybridized carbons (Fsp3) is 0.167. The first-order valence-corrected chi connectivity index (χ1v) is 7.85. The molecule has 4 rings (SSSR count). The summed E-state index contributed by atoms with van der Waals surface area (Å²) in [4.78, 5) is 19.3. The van der Waals surface area contributed by atoms with Crippen LogP contribution in [-0.2, 0) is 0 Å². The van der Waals surface area contributed by atoms with Crippen molar-refractivity contribution in [3.8, 4) is 0 Å². The van der Waals surface area contributed by atoms with E-state index in [2.05, 4.69) is 29.7 Å². The Hall–Kier alpha value is -3.15. The van der Waals surface area contributed by atoms with Gasteiger partial charge in [-0.1, -0.05) is 0 Å². The molecule has 0 saturated carbocycles. The summed E-state index contributed by atoms with van der Waals surface area (Å²) in [5.41, 5.74) is 3.47. The maximum absolute atomic E-state index is 4.12. The quantitative estimate of drug-likeness (QED) is 0.740. The highest BCUT2D eigenvalue weighted by Gasteiger charge is 2.24. The number of hydrogen-bond donors (Lipinski definition) is 0. The molecular formula is C18H18N6. The Kier molecular flexibility index (Phi) is 3.93. The van der Waals surface area contributed by atoms with Crippen LogP contribution in [0, 0.1) is 0 Å². The van der Waals surface area contributed by atoms with Crippen LogP contribution in [0.3, 0.4) is 0 Å². The van der Waals surface area contributed by atoms with E-state index in [0.29, 0.717) is 0 Å². The van der Waals surface area contributed by atoms with Crippen LogP contribution in [0.1, 0.15) is 0 Å². The Balaban J connectivity index is 1.66. The molecule has 0 spiro atoms. The molecule has 1 aliphatic rings. The molecule has 0 amide bonds. The summed E-state index contributed by atoms with van der Waals surface area (Å²) in [7, 11) is 0. The smallest absolute Gasteiger partial charge is 0.0937 e. The minimum absolute atomic E-state index is 0.815. The minimum Gasteiger partial charge on any atom is -0.336 e. The van der Waals surface area contributed by atoms with Gasteiger partial charge in [-0.3, -0.25) is 15.0 Å². The molecule has 0 atom stereocenters. The summed E-state index contributed by atoms with van der Waals surface area (Å²) in [6.45, 7) is 2.45. The second-order valence-electron chi connectivity index (χ2n) is 5.66. The SMILES string of the molecule is c1cc(N2CN(c3ccncc3)CN(c3ccncc3)C2)ccn1. The van der Waals surface area contributed by atoms with Crippen molar-refractivity contribution in [1.29, 1.82) is 0 Å². The molecule has 0 bridgehead atoms. The Morgan fingerprint density at radius 3 is 0.958 bits per heavy atom. The third-order valence-electron chi connectivity index (χ3n) is 4.11. The van der Waals surface area contributed by atoms with Gasteiger partial charge in [0.2, 0.25) is 0 Å². The van der Waals surface area contributed by atoms with Crippen LogP contribution in [0.2, 0.25) is 0 Å². The number of rotatable bonds is 3. The predicted octanol–water partition coefficient (Wildman–Crippen LogP) is 2.58. The lowest BCUT2D eigenvalue weighted by Crippen LogP contribution is -2.55. The summed E-state index contributed by atoms with van der Waals surface area (Å²) < 4.78 is 0. The summed E-state index contributed by atoms with van der Waals surface area (Å²) in [5, 5.41) is 0. The summed E-state index contributed by atoms with van der Waals surface area (Å²) in [5.74, 6) is 0. The molecule has 3 aromatic rings. The molecule has 0 aliphatic carbocycles. The summed E-state index contributed by atoms with van der Waals surface area (Å²) in [6.07, 6.45) is 11.0. The monoisotopic (exact) mass is 318 g/mol. The van der Waals surface area contributed by atoms with E-state index in [1.807, 2.05) is 73.6 Å². The van der Waals surface area contributed by atoms with Crippen molar-refractivity contribution in [3.63, 3.8) is 0 Å². The molecule has 1 saturated heterocycles. The lowest BCUT2D eigenvalue weighted by molar-refractivity contribution is 0.610. The summed E-state index contributed by atoms with van der Waals surface area (Å²) in [6, 6.07) is 12.3. The molecular weight excluding hydrogens is 300 g/mol. The van der Waals surface area contributed by atoms with Crippen molar-refractivity contribution in [1.82, 2.24) is 15.0 Å². The maximum atomic E-state index is 4.12. The zero-order chi connectivity index (χ0) is 16.2. The molecule has 0 radical (unpaired) electrons. The Morgan fingerprint density at radius 1 is 0.458 bits per heavy atom. The van der Waals surface area contributed by atoms with E-state index in [1.54, 1.807) is 0 Å². The van der Waals surface area contributed by atoms with Gasteiger partial charge in [0.05, 0.1) is 20.0 Å². The van der Waals surface area contributed by atoms with Crippen molar-refractivity contribution in [3.05, 3.63) is 73.6 Å². The zero-order valence-corrected chi connectivity index (χ0v) is 13.2. The average molecular weight is 318 g/mol. The number of pyridine rings is 3. The molecule has 1 aliphatic heterocycles. The number of anilines is 3. The van der Waals surface area contributed by atoms with Gasteiger partial charge in [0, 0.05) is 54.2 Å². The van der Waals surface area contributed by atoms with Crippen LogP contribution >= 0.6 is 0 Å². The van der Waals surface area contributed by atoms with Crippen LogP contribution < -0.4 is 14.7 Å². The Morgan fingerprint density at radius 2 is 0.708 bits per heavy atom. The van der Waals surface area contributed by atoms with E-state index in [4.69, 9.17) is 0 Å². The molecule has 120 valence electrons. The van der Waals surface area contributed by atoms with Crippen molar-refractivity contribution in [2.75, 3.05) is 34.7 Å². The van der Waals surface area contributed by atoms with Crippen molar-refractivity contribution in [2.24, 2.45) is 0 Å². The second-order valence-corrected chi connectivity index (χ2v) is 5.66. The Bertz CT molecular complexity index is 651. The van der Waals surface area contributed by atoms with Crippen LogP contribution in [0.15, 0.2) is 73.6 Å². The third kappa shape index (κ3) is 2.99. The van der Waals surface area contributed by atoms with Crippen molar-refractivity contribution < 1.29 is 0 Å². The lowest BCUT2D eigenvalue weighted by Gasteiger charge is -2.45. The highest BCUT2D eigenvalue weighted by molar-refractivity contribution is 5.57. The molecule has 3 aromatic heterocycles. The minimum atomic E-state index is 0.815. The largest absolute Gasteiger partial charge is 0.336 e. The average Bonchev–Trinajstić information content (AvgIpc) is 2.70. The lowest BCUT2D eigenvalue weighted by atomic mass is 10.3. The molecule has 4 heterocycles. The van der Waals surface area contributed by atoms with Crippen LogP contribution in [0.4, 0.5) is 17.1 Å². The zero-order valence-electron chi connectivity index (χ0n) is 13.2. The normalized spacial score (nSPS) is 14.8. The van der Waals surface area contributed by atoms with Gasteiger partial charge in [0.15, 0.2) is 0 Å². The van der Waals surface area contributed by atoms with Gasteiger partial charge in [-0.15, -0.1) is 0 Å². The van der Waals surface area contributed by atoms with Gasteiger partial charge in [-0.25, -0.2) is 0 Å². The fourth-order valence-electron chi connectivity index (χ4n) is 2.91. The molecule has 0 aromatic carbocycles. The molecule has 6 nitrogen and oxygen atoms in total. The Labute approximate surface area is 141 Å². The molecule has 0 N–H and O–H groups in total. The summed E-state index contributed by atoms with van der Waals surface area (Å²) >= 11 is 0. The first-order chi connectivity index (χ1) is 11.9. The van der Waals surface area contributed by atoms with Gasteiger partial charge in [-0.05, 0) is 36.4 Å². The fourth-order valence-corrected chi connectivity index (χ4v) is 2.91.